The normalized spacial score (nSPS) is 16.7. The molecule has 1 fully saturated rings. The van der Waals surface area contributed by atoms with Crippen LogP contribution < -0.4 is 0 Å². The number of hydrogen-bond acceptors (Lipinski definition) is 3. The molecule has 0 bridgehead atoms. The zero-order valence-electron chi connectivity index (χ0n) is 13.4. The second kappa shape index (κ2) is 6.04. The summed E-state index contributed by atoms with van der Waals surface area (Å²) in [6.07, 6.45) is 0.955. The highest BCUT2D eigenvalue weighted by molar-refractivity contribution is 6.06. The van der Waals surface area contributed by atoms with Crippen LogP contribution in [0.5, 0.6) is 0 Å². The molecule has 0 saturated carbocycles. The number of nitrogens with zero attached hydrogens (tertiary/aromatic N) is 3. The number of carbonyl (C=O) groups is 2. The fraction of sp³-hybridized carbons (Fsp3) is 0.412. The number of carbonyl (C=O) groups excluding carboxylic acids is 2. The summed E-state index contributed by atoms with van der Waals surface area (Å²) < 4.78 is 1.99. The van der Waals surface area contributed by atoms with E-state index in [1.807, 2.05) is 42.1 Å². The van der Waals surface area contributed by atoms with Gasteiger partial charge in [-0.2, -0.15) is 0 Å². The van der Waals surface area contributed by atoms with Crippen molar-refractivity contribution >= 4 is 22.7 Å². The van der Waals surface area contributed by atoms with Crippen LogP contribution in [0.1, 0.15) is 17.3 Å². The van der Waals surface area contributed by atoms with E-state index < -0.39 is 6.10 Å². The van der Waals surface area contributed by atoms with Gasteiger partial charge < -0.3 is 19.5 Å². The lowest BCUT2D eigenvalue weighted by Crippen LogP contribution is -2.52. The number of aromatic nitrogens is 1. The number of amides is 2. The number of aryl methyl sites for hydroxylation is 1. The quantitative estimate of drug-likeness (QED) is 0.893. The van der Waals surface area contributed by atoms with Gasteiger partial charge in [0.1, 0.15) is 6.10 Å². The highest BCUT2D eigenvalue weighted by atomic mass is 16.3. The summed E-state index contributed by atoms with van der Waals surface area (Å²) in [7, 11) is 1.96. The molecule has 2 heterocycles. The average molecular weight is 315 g/mol. The molecule has 3 rings (SSSR count). The third kappa shape index (κ3) is 2.82. The van der Waals surface area contributed by atoms with Crippen molar-refractivity contribution in [3.05, 3.63) is 36.0 Å². The molecule has 0 radical (unpaired) electrons. The molecule has 0 aliphatic carbocycles. The number of rotatable bonds is 2. The van der Waals surface area contributed by atoms with E-state index in [0.29, 0.717) is 31.7 Å². The fourth-order valence-corrected chi connectivity index (χ4v) is 3.05. The molecule has 1 saturated heterocycles. The van der Waals surface area contributed by atoms with Gasteiger partial charge in [0, 0.05) is 55.9 Å². The molecular formula is C17H21N3O3. The minimum Gasteiger partial charge on any atom is -0.384 e. The van der Waals surface area contributed by atoms with Gasteiger partial charge in [-0.25, -0.2) is 0 Å². The van der Waals surface area contributed by atoms with Gasteiger partial charge in [0.2, 0.25) is 0 Å². The number of aliphatic hydroxyl groups excluding tert-OH is 1. The first-order valence-electron chi connectivity index (χ1n) is 7.79. The third-order valence-corrected chi connectivity index (χ3v) is 4.39. The van der Waals surface area contributed by atoms with Gasteiger partial charge in [-0.3, -0.25) is 9.59 Å². The molecule has 1 atom stereocenters. The van der Waals surface area contributed by atoms with Gasteiger partial charge in [0.05, 0.1) is 0 Å². The van der Waals surface area contributed by atoms with Crippen molar-refractivity contribution in [1.29, 1.82) is 0 Å². The first-order valence-corrected chi connectivity index (χ1v) is 7.79. The van der Waals surface area contributed by atoms with Gasteiger partial charge in [-0.05, 0) is 25.1 Å². The highest BCUT2D eigenvalue weighted by Crippen LogP contribution is 2.21. The molecule has 1 aromatic carbocycles. The predicted molar refractivity (Wildman–Crippen MR) is 87.1 cm³/mol. The van der Waals surface area contributed by atoms with E-state index in [1.54, 1.807) is 9.80 Å². The van der Waals surface area contributed by atoms with E-state index in [1.165, 1.54) is 6.92 Å². The van der Waals surface area contributed by atoms with Crippen molar-refractivity contribution in [2.24, 2.45) is 7.05 Å². The SMILES string of the molecule is CC(O)C(=O)N1CCN(C(=O)c2cccc3c2ccn3C)CC1. The third-order valence-electron chi connectivity index (χ3n) is 4.39. The molecular weight excluding hydrogens is 294 g/mol. The summed E-state index contributed by atoms with van der Waals surface area (Å²) >= 11 is 0. The first-order chi connectivity index (χ1) is 11.0. The van der Waals surface area contributed by atoms with E-state index >= 15 is 0 Å². The lowest BCUT2D eigenvalue weighted by molar-refractivity contribution is -0.140. The summed E-state index contributed by atoms with van der Waals surface area (Å²) in [6, 6.07) is 7.68. The molecule has 1 aromatic heterocycles. The molecule has 6 nitrogen and oxygen atoms in total. The van der Waals surface area contributed by atoms with Crippen molar-refractivity contribution in [2.75, 3.05) is 26.2 Å². The van der Waals surface area contributed by atoms with Gasteiger partial charge in [-0.15, -0.1) is 0 Å². The van der Waals surface area contributed by atoms with Crippen LogP contribution in [0.2, 0.25) is 0 Å². The number of hydrogen-bond donors (Lipinski definition) is 1. The van der Waals surface area contributed by atoms with Crippen LogP contribution in [-0.2, 0) is 11.8 Å². The number of aliphatic hydroxyl groups is 1. The molecule has 0 spiro atoms. The van der Waals surface area contributed by atoms with Crippen molar-refractivity contribution in [3.8, 4) is 0 Å². The number of benzene rings is 1. The van der Waals surface area contributed by atoms with Crippen molar-refractivity contribution in [2.45, 2.75) is 13.0 Å². The Hall–Kier alpha value is -2.34. The molecule has 1 aliphatic rings. The summed E-state index contributed by atoms with van der Waals surface area (Å²) in [6.45, 7) is 3.36. The maximum Gasteiger partial charge on any atom is 0.254 e. The molecule has 1 N–H and O–H groups in total. The van der Waals surface area contributed by atoms with Gasteiger partial charge in [0.15, 0.2) is 0 Å². The Kier molecular flexibility index (Phi) is 4.09. The van der Waals surface area contributed by atoms with Gasteiger partial charge >= 0.3 is 0 Å². The van der Waals surface area contributed by atoms with Crippen LogP contribution in [0.15, 0.2) is 30.5 Å². The standard InChI is InChI=1S/C17H21N3O3/c1-12(21)16(22)19-8-10-20(11-9-19)17(23)14-4-3-5-15-13(14)6-7-18(15)2/h3-7,12,21H,8-11H2,1-2H3. The van der Waals surface area contributed by atoms with Crippen LogP contribution >= 0.6 is 0 Å². The van der Waals surface area contributed by atoms with E-state index in [0.717, 1.165) is 10.9 Å². The minimum atomic E-state index is -0.990. The molecule has 2 amide bonds. The van der Waals surface area contributed by atoms with Gasteiger partial charge in [-0.1, -0.05) is 6.07 Å². The Morgan fingerprint density at radius 2 is 1.74 bits per heavy atom. The second-order valence-electron chi connectivity index (χ2n) is 5.96. The summed E-state index contributed by atoms with van der Waals surface area (Å²) in [5, 5.41) is 10.3. The fourth-order valence-electron chi connectivity index (χ4n) is 3.05. The zero-order valence-corrected chi connectivity index (χ0v) is 13.4. The Morgan fingerprint density at radius 1 is 1.09 bits per heavy atom. The average Bonchev–Trinajstić information content (AvgIpc) is 2.95. The molecule has 23 heavy (non-hydrogen) atoms. The van der Waals surface area contributed by atoms with Crippen LogP contribution in [0.3, 0.4) is 0 Å². The number of fused-ring (bicyclic) bond motifs is 1. The van der Waals surface area contributed by atoms with E-state index in [2.05, 4.69) is 0 Å². The molecule has 6 heteroatoms. The monoisotopic (exact) mass is 315 g/mol. The topological polar surface area (TPSA) is 65.8 Å². The van der Waals surface area contributed by atoms with Crippen molar-refractivity contribution < 1.29 is 14.7 Å². The largest absolute Gasteiger partial charge is 0.384 e. The Morgan fingerprint density at radius 3 is 2.39 bits per heavy atom. The van der Waals surface area contributed by atoms with Crippen LogP contribution in [0, 0.1) is 0 Å². The van der Waals surface area contributed by atoms with Crippen LogP contribution in [-0.4, -0.2) is 63.6 Å². The highest BCUT2D eigenvalue weighted by Gasteiger charge is 2.27. The van der Waals surface area contributed by atoms with E-state index in [9.17, 15) is 14.7 Å². The summed E-state index contributed by atoms with van der Waals surface area (Å²) in [5.41, 5.74) is 1.72. The maximum atomic E-state index is 12.8. The van der Waals surface area contributed by atoms with Gasteiger partial charge in [0.25, 0.3) is 11.8 Å². The summed E-state index contributed by atoms with van der Waals surface area (Å²) in [4.78, 5) is 28.0. The van der Waals surface area contributed by atoms with Crippen LogP contribution in [0.25, 0.3) is 10.9 Å². The van der Waals surface area contributed by atoms with E-state index in [4.69, 9.17) is 0 Å². The predicted octanol–water partition coefficient (Wildman–Crippen LogP) is 0.843. The molecule has 1 aliphatic heterocycles. The molecule has 1 unspecified atom stereocenters. The summed E-state index contributed by atoms with van der Waals surface area (Å²) in [5.74, 6) is -0.284. The zero-order chi connectivity index (χ0) is 16.6. The lowest BCUT2D eigenvalue weighted by atomic mass is 10.1. The molecule has 2 aromatic rings. The van der Waals surface area contributed by atoms with Crippen molar-refractivity contribution in [1.82, 2.24) is 14.4 Å². The molecule has 122 valence electrons. The Balaban J connectivity index is 1.76. The smallest absolute Gasteiger partial charge is 0.254 e. The first kappa shape index (κ1) is 15.6. The minimum absolute atomic E-state index is 0.00838. The van der Waals surface area contributed by atoms with Crippen LogP contribution in [0.4, 0.5) is 0 Å². The Labute approximate surface area is 134 Å². The maximum absolute atomic E-state index is 12.8. The lowest BCUT2D eigenvalue weighted by Gasteiger charge is -2.35. The number of piperazine rings is 1. The van der Waals surface area contributed by atoms with Crippen molar-refractivity contribution in [3.63, 3.8) is 0 Å². The Bertz CT molecular complexity index is 743. The second-order valence-corrected chi connectivity index (χ2v) is 5.96. The van der Waals surface area contributed by atoms with E-state index in [-0.39, 0.29) is 11.8 Å².